The van der Waals surface area contributed by atoms with E-state index in [1.54, 1.807) is 0 Å². The number of nitrogens with zero attached hydrogens (tertiary/aromatic N) is 2. The van der Waals surface area contributed by atoms with E-state index in [1.165, 1.54) is 49.6 Å². The predicted molar refractivity (Wildman–Crippen MR) is 153 cm³/mol. The summed E-state index contributed by atoms with van der Waals surface area (Å²) in [6.45, 7) is 15.9. The average molecular weight is 575 g/mol. The van der Waals surface area contributed by atoms with Crippen LogP contribution < -0.4 is 0 Å². The van der Waals surface area contributed by atoms with Crippen LogP contribution in [0.1, 0.15) is 81.0 Å². The topological polar surface area (TPSA) is 25.3 Å². The fraction of sp³-hybridized carbons (Fsp3) is 0.394. The van der Waals surface area contributed by atoms with Crippen molar-refractivity contribution in [3.8, 4) is 0 Å². The number of hydrogen-bond donors (Lipinski definition) is 0. The average Bonchev–Trinajstić information content (AvgIpc) is 3.15. The van der Waals surface area contributed by atoms with E-state index in [9.17, 15) is 5.53 Å². The molecule has 3 heteroatoms. The molecule has 0 atom stereocenters. The van der Waals surface area contributed by atoms with Gasteiger partial charge in [-0.3, -0.25) is 0 Å². The number of rotatable bonds is 13. The first-order valence-electron chi connectivity index (χ1n) is 13.2. The van der Waals surface area contributed by atoms with Gasteiger partial charge in [-0.15, -0.1) is 0 Å². The smallest absolute Gasteiger partial charge is 0.211 e. The van der Waals surface area contributed by atoms with E-state index in [4.69, 9.17) is 0 Å². The summed E-state index contributed by atoms with van der Waals surface area (Å²) < 4.78 is 1.47. The van der Waals surface area contributed by atoms with E-state index in [2.05, 4.69) is 89.4 Å². The SMILES string of the molecule is C=C[CH2][Pd][CH2]C=C.CCCCCC1=C(c2ccc(C)cc2)[N+](=[N-])C(c2ccc(C)cc2)=C1CCCC. The molecule has 2 aromatic carbocycles. The molecule has 1 aliphatic rings. The maximum atomic E-state index is 11.4. The van der Waals surface area contributed by atoms with E-state index < -0.39 is 0 Å². The zero-order valence-corrected chi connectivity index (χ0v) is 24.3. The summed E-state index contributed by atoms with van der Waals surface area (Å²) in [5.74, 6) is 0. The van der Waals surface area contributed by atoms with Crippen LogP contribution in [0.3, 0.4) is 0 Å². The maximum Gasteiger partial charge on any atom is 0.211 e. The maximum absolute atomic E-state index is 11.4. The summed E-state index contributed by atoms with van der Waals surface area (Å²) in [4.78, 5) is 2.33. The molecule has 0 saturated carbocycles. The van der Waals surface area contributed by atoms with Crippen LogP contribution in [0.4, 0.5) is 0 Å². The van der Waals surface area contributed by atoms with Gasteiger partial charge in [-0.1, -0.05) is 68.5 Å². The third-order valence-corrected chi connectivity index (χ3v) is 7.98. The van der Waals surface area contributed by atoms with Gasteiger partial charge in [0.15, 0.2) is 0 Å². The van der Waals surface area contributed by atoms with Gasteiger partial charge in [-0.2, -0.15) is 0 Å². The molecule has 1 heterocycles. The van der Waals surface area contributed by atoms with Gasteiger partial charge in [0.2, 0.25) is 11.4 Å². The van der Waals surface area contributed by atoms with Crippen molar-refractivity contribution in [2.24, 2.45) is 0 Å². The van der Waals surface area contributed by atoms with Crippen LogP contribution in [0.2, 0.25) is 9.79 Å². The molecule has 0 bridgehead atoms. The fourth-order valence-electron chi connectivity index (χ4n) is 4.29. The monoisotopic (exact) mass is 574 g/mol. The number of hydrogen-bond acceptors (Lipinski definition) is 0. The third-order valence-electron chi connectivity index (χ3n) is 6.19. The Bertz CT molecular complexity index is 1050. The second-order valence-electron chi connectivity index (χ2n) is 9.25. The van der Waals surface area contributed by atoms with Crippen molar-refractivity contribution in [1.82, 2.24) is 0 Å². The molecule has 0 fully saturated rings. The summed E-state index contributed by atoms with van der Waals surface area (Å²) in [7, 11) is 0. The number of aryl methyl sites for hydroxylation is 2. The van der Waals surface area contributed by atoms with E-state index in [0.717, 1.165) is 72.6 Å². The molecule has 2 aromatic rings. The Labute approximate surface area is 228 Å². The summed E-state index contributed by atoms with van der Waals surface area (Å²) >= 11 is 0.832. The number of unbranched alkanes of at least 4 members (excludes halogenated alkanes) is 3. The molecule has 0 radical (unpaired) electrons. The van der Waals surface area contributed by atoms with Crippen molar-refractivity contribution in [3.05, 3.63) is 113 Å². The summed E-state index contributed by atoms with van der Waals surface area (Å²) in [5, 5.41) is 0. The van der Waals surface area contributed by atoms with Gasteiger partial charge in [-0.25, -0.2) is 4.70 Å². The molecule has 0 aromatic heterocycles. The molecule has 3 rings (SSSR count). The van der Waals surface area contributed by atoms with Crippen molar-refractivity contribution in [2.75, 3.05) is 0 Å². The molecule has 0 saturated heterocycles. The van der Waals surface area contributed by atoms with E-state index in [-0.39, 0.29) is 0 Å². The second kappa shape index (κ2) is 16.4. The first kappa shape index (κ1) is 29.9. The van der Waals surface area contributed by atoms with Gasteiger partial charge in [-0.05, 0) is 63.8 Å². The summed E-state index contributed by atoms with van der Waals surface area (Å²) in [6, 6.07) is 17.1. The van der Waals surface area contributed by atoms with Gasteiger partial charge in [0.1, 0.15) is 0 Å². The number of benzene rings is 2. The normalized spacial score (nSPS) is 13.2. The van der Waals surface area contributed by atoms with Gasteiger partial charge >= 0.3 is 53.1 Å². The molecule has 2 nitrogen and oxygen atoms in total. The van der Waals surface area contributed by atoms with Gasteiger partial charge in [0, 0.05) is 22.3 Å². The predicted octanol–water partition coefficient (Wildman–Crippen LogP) is 10.5. The Morgan fingerprint density at radius 2 is 1.11 bits per heavy atom. The minimum Gasteiger partial charge on any atom is -0.493 e. The van der Waals surface area contributed by atoms with Gasteiger partial charge < -0.3 is 5.53 Å². The van der Waals surface area contributed by atoms with Crippen molar-refractivity contribution >= 4 is 11.4 Å². The van der Waals surface area contributed by atoms with E-state index in [0.29, 0.717) is 0 Å². The molecule has 1 aliphatic heterocycles. The van der Waals surface area contributed by atoms with E-state index in [1.807, 2.05) is 12.2 Å². The van der Waals surface area contributed by atoms with Crippen LogP contribution in [0, 0.1) is 13.8 Å². The van der Waals surface area contributed by atoms with E-state index >= 15 is 0 Å². The quantitative estimate of drug-likeness (QED) is 0.0984. The molecule has 0 unspecified atom stereocenters. The zero-order valence-electron chi connectivity index (χ0n) is 22.8. The number of allylic oxidation sites excluding steroid dienone is 4. The molecule has 196 valence electrons. The van der Waals surface area contributed by atoms with Crippen LogP contribution >= 0.6 is 0 Å². The van der Waals surface area contributed by atoms with Crippen molar-refractivity contribution in [1.29, 1.82) is 0 Å². The molecule has 0 N–H and O–H groups in total. The van der Waals surface area contributed by atoms with Crippen LogP contribution in [0.5, 0.6) is 0 Å². The van der Waals surface area contributed by atoms with Crippen LogP contribution in [-0.2, 0) is 18.0 Å². The van der Waals surface area contributed by atoms with Crippen LogP contribution in [0.15, 0.2) is 85.0 Å². The molecule has 36 heavy (non-hydrogen) atoms. The Kier molecular flexibility index (Phi) is 13.6. The Morgan fingerprint density at radius 3 is 1.50 bits per heavy atom. The van der Waals surface area contributed by atoms with Crippen LogP contribution in [0.25, 0.3) is 16.9 Å². The molecule has 0 spiro atoms. The standard InChI is InChI=1S/C27H34N2.2C3H5.Pd/c1-5-7-9-11-25-24(10-8-6-2)26(22-16-12-20(3)13-17-22)29(28)27(25)23-18-14-21(4)15-19-23;2*1-3-2;/h12-19H,5-11H2,1-4H3;2*3H,1-2H2;. The minimum atomic E-state index is 0.832. The van der Waals surface area contributed by atoms with Gasteiger partial charge in [0.25, 0.3) is 0 Å². The van der Waals surface area contributed by atoms with Crippen molar-refractivity contribution in [2.45, 2.75) is 82.4 Å². The van der Waals surface area contributed by atoms with Crippen molar-refractivity contribution in [3.63, 3.8) is 0 Å². The first-order chi connectivity index (χ1) is 17.5. The van der Waals surface area contributed by atoms with Crippen LogP contribution in [-0.4, -0.2) is 4.70 Å². The molecular formula is C33H44N2Pd. The molecular weight excluding hydrogens is 531 g/mol. The Balaban J connectivity index is 0.000000572. The minimum absolute atomic E-state index is 0.832. The third kappa shape index (κ3) is 8.65. The Morgan fingerprint density at radius 1 is 0.694 bits per heavy atom. The summed E-state index contributed by atoms with van der Waals surface area (Å²) in [5.41, 5.74) is 20.7. The van der Waals surface area contributed by atoms with Gasteiger partial charge in [0.05, 0.1) is 0 Å². The molecule has 0 aliphatic carbocycles. The summed E-state index contributed by atoms with van der Waals surface area (Å²) in [6.07, 6.45) is 11.8. The Hall–Kier alpha value is -2.34. The first-order valence-corrected chi connectivity index (χ1v) is 15.4. The largest absolute Gasteiger partial charge is 0.493 e. The zero-order chi connectivity index (χ0) is 26.3. The van der Waals surface area contributed by atoms with Crippen molar-refractivity contribution < 1.29 is 22.7 Å². The fourth-order valence-corrected chi connectivity index (χ4v) is 5.19. The molecule has 0 amide bonds. The second-order valence-corrected chi connectivity index (χ2v) is 11.3.